The number of H-pyrrole nitrogens is 1. The van der Waals surface area contributed by atoms with Crippen LogP contribution in [0.15, 0.2) is 35.6 Å². The minimum Gasteiger partial charge on any atom is -0.478 e. The summed E-state index contributed by atoms with van der Waals surface area (Å²) in [6, 6.07) is 2.07. The number of aliphatic carboxylic acids is 1. The van der Waals surface area contributed by atoms with Crippen LogP contribution in [0.4, 0.5) is 0 Å². The zero-order chi connectivity index (χ0) is 19.5. The lowest BCUT2D eigenvalue weighted by Gasteiger charge is -2.67. The van der Waals surface area contributed by atoms with Crippen molar-refractivity contribution in [3.8, 4) is 0 Å². The quantitative estimate of drug-likeness (QED) is 0.703. The van der Waals surface area contributed by atoms with Crippen LogP contribution in [-0.4, -0.2) is 40.5 Å². The second kappa shape index (κ2) is 4.82. The monoisotopic (exact) mass is 381 g/mol. The highest BCUT2D eigenvalue weighted by Crippen LogP contribution is 2.84. The molecule has 2 bridgehead atoms. The average molecular weight is 381 g/mol. The molecule has 0 aliphatic heterocycles. The molecule has 6 rings (SSSR count). The van der Waals surface area contributed by atoms with Crippen molar-refractivity contribution in [3.05, 3.63) is 46.8 Å². The fourth-order valence-corrected chi connectivity index (χ4v) is 8.90. The van der Waals surface area contributed by atoms with Crippen molar-refractivity contribution in [3.63, 3.8) is 0 Å². The first-order valence-corrected chi connectivity index (χ1v) is 10.4. The van der Waals surface area contributed by atoms with Crippen LogP contribution in [-0.2, 0) is 21.4 Å². The Morgan fingerprint density at radius 1 is 1.36 bits per heavy atom. The lowest BCUT2D eigenvalue weighted by Crippen LogP contribution is -2.70. The Hall–Kier alpha value is -1.85. The Labute approximate surface area is 164 Å². The van der Waals surface area contributed by atoms with Gasteiger partial charge in [0.25, 0.3) is 0 Å². The van der Waals surface area contributed by atoms with Gasteiger partial charge in [-0.05, 0) is 66.6 Å². The van der Waals surface area contributed by atoms with E-state index in [1.54, 1.807) is 7.11 Å². The van der Waals surface area contributed by atoms with E-state index in [0.29, 0.717) is 11.8 Å². The molecule has 1 spiro atoms. The summed E-state index contributed by atoms with van der Waals surface area (Å²) in [7, 11) is 1.55. The van der Waals surface area contributed by atoms with Crippen LogP contribution in [0.2, 0.25) is 0 Å². The van der Waals surface area contributed by atoms with Crippen LogP contribution in [0, 0.1) is 22.7 Å². The summed E-state index contributed by atoms with van der Waals surface area (Å²) in [4.78, 5) is 16.1. The smallest absolute Gasteiger partial charge is 0.334 e. The van der Waals surface area contributed by atoms with Gasteiger partial charge in [0.1, 0.15) is 5.60 Å². The van der Waals surface area contributed by atoms with E-state index in [9.17, 15) is 15.0 Å². The molecule has 5 heteroatoms. The number of hydrogen-bond donors (Lipinski definition) is 3. The maximum Gasteiger partial charge on any atom is 0.334 e. The van der Waals surface area contributed by atoms with Gasteiger partial charge in [-0.3, -0.25) is 0 Å². The molecular formula is C23H27NO4. The highest BCUT2D eigenvalue weighted by atomic mass is 16.5. The minimum absolute atomic E-state index is 0.0116. The number of allylic oxidation sites excluding steroid dienone is 2. The Balaban J connectivity index is 1.83. The molecule has 0 unspecified atom stereocenters. The van der Waals surface area contributed by atoms with Crippen molar-refractivity contribution in [2.24, 2.45) is 22.7 Å². The number of aliphatic hydroxyl groups is 1. The molecule has 1 heterocycles. The summed E-state index contributed by atoms with van der Waals surface area (Å²) >= 11 is 0. The van der Waals surface area contributed by atoms with E-state index in [-0.39, 0.29) is 23.0 Å². The Kier molecular flexibility index (Phi) is 2.94. The van der Waals surface area contributed by atoms with Crippen LogP contribution < -0.4 is 0 Å². The first kappa shape index (κ1) is 17.0. The maximum atomic E-state index is 12.6. The van der Waals surface area contributed by atoms with Gasteiger partial charge < -0.3 is 19.9 Å². The molecule has 0 radical (unpaired) electrons. The summed E-state index contributed by atoms with van der Waals surface area (Å²) in [6.07, 6.45) is 11.2. The minimum atomic E-state index is -1.57. The van der Waals surface area contributed by atoms with Crippen LogP contribution in [0.3, 0.4) is 0 Å². The van der Waals surface area contributed by atoms with Crippen LogP contribution in [0.1, 0.15) is 43.9 Å². The lowest BCUT2D eigenvalue weighted by molar-refractivity contribution is -0.157. The second-order valence-corrected chi connectivity index (χ2v) is 9.85. The Bertz CT molecular complexity index is 975. The SMILES string of the molecule is COC[C@]1(O)C(C(=O)O)=C2C[C@H]3CC[C@H]4CC=C[C@@]15c1cc[nH]c1C[C@]3(C)[C@]245. The van der Waals surface area contributed by atoms with Crippen molar-refractivity contribution >= 4 is 5.97 Å². The summed E-state index contributed by atoms with van der Waals surface area (Å²) in [5, 5.41) is 22.7. The number of fused-ring (bicyclic) bond motifs is 1. The summed E-state index contributed by atoms with van der Waals surface area (Å²) in [5.41, 5.74) is 0.708. The standard InChI is InChI=1S/C23H27NO4/c1-20-11-17-15(7-9-24-17)21-8-3-4-13-5-6-14(20)10-16(23(13,20)21)18(19(25)26)22(21,27)12-28-2/h3,7-9,13-14,24,27H,4-6,10-12H2,1-2H3,(H,25,26)/t13-,14-,20+,21-,22+,23-/m1/s1. The number of aromatic nitrogens is 1. The predicted molar refractivity (Wildman–Crippen MR) is 103 cm³/mol. The molecular weight excluding hydrogens is 354 g/mol. The molecule has 2 saturated carbocycles. The normalized spacial score (nSPS) is 47.2. The molecule has 5 nitrogen and oxygen atoms in total. The number of hydrogen-bond acceptors (Lipinski definition) is 3. The molecule has 1 aromatic heterocycles. The number of methoxy groups -OCH3 is 1. The largest absolute Gasteiger partial charge is 0.478 e. The van der Waals surface area contributed by atoms with Gasteiger partial charge in [0.2, 0.25) is 0 Å². The number of aromatic amines is 1. The number of carbonyl (C=O) groups is 1. The van der Waals surface area contributed by atoms with Gasteiger partial charge in [-0.15, -0.1) is 0 Å². The van der Waals surface area contributed by atoms with Crippen molar-refractivity contribution < 1.29 is 19.7 Å². The third kappa shape index (κ3) is 1.34. The number of ether oxygens (including phenoxy) is 1. The number of carboxylic acid groups (broad SMARTS) is 1. The molecule has 148 valence electrons. The highest BCUT2D eigenvalue weighted by Gasteiger charge is 2.84. The molecule has 3 N–H and O–H groups in total. The predicted octanol–water partition coefficient (Wildman–Crippen LogP) is 2.96. The first-order chi connectivity index (χ1) is 13.4. The van der Waals surface area contributed by atoms with Gasteiger partial charge in [0, 0.05) is 24.4 Å². The van der Waals surface area contributed by atoms with E-state index < -0.39 is 17.0 Å². The lowest BCUT2D eigenvalue weighted by atomic mass is 9.36. The van der Waals surface area contributed by atoms with Crippen LogP contribution >= 0.6 is 0 Å². The van der Waals surface area contributed by atoms with E-state index in [1.165, 1.54) is 0 Å². The van der Waals surface area contributed by atoms with Gasteiger partial charge in [-0.2, -0.15) is 0 Å². The van der Waals surface area contributed by atoms with Crippen LogP contribution in [0.5, 0.6) is 0 Å². The molecule has 28 heavy (non-hydrogen) atoms. The van der Waals surface area contributed by atoms with E-state index >= 15 is 0 Å². The van der Waals surface area contributed by atoms with E-state index in [4.69, 9.17) is 4.74 Å². The van der Waals surface area contributed by atoms with E-state index in [2.05, 4.69) is 30.1 Å². The molecule has 0 aromatic carbocycles. The first-order valence-electron chi connectivity index (χ1n) is 10.4. The van der Waals surface area contributed by atoms with E-state index in [0.717, 1.165) is 48.9 Å². The summed E-state index contributed by atoms with van der Waals surface area (Å²) < 4.78 is 5.52. The van der Waals surface area contributed by atoms with Gasteiger partial charge >= 0.3 is 5.97 Å². The van der Waals surface area contributed by atoms with Gasteiger partial charge in [-0.1, -0.05) is 19.1 Å². The maximum absolute atomic E-state index is 12.6. The third-order valence-electron chi connectivity index (χ3n) is 9.35. The third-order valence-corrected chi connectivity index (χ3v) is 9.35. The number of nitrogens with one attached hydrogen (secondary N) is 1. The zero-order valence-corrected chi connectivity index (χ0v) is 16.4. The van der Waals surface area contributed by atoms with Crippen LogP contribution in [0.25, 0.3) is 0 Å². The van der Waals surface area contributed by atoms with E-state index in [1.807, 2.05) is 6.20 Å². The summed E-state index contributed by atoms with van der Waals surface area (Å²) in [5.74, 6) is -0.166. The van der Waals surface area contributed by atoms with Crippen molar-refractivity contribution in [1.82, 2.24) is 4.98 Å². The molecule has 2 fully saturated rings. The second-order valence-electron chi connectivity index (χ2n) is 9.85. The molecule has 0 amide bonds. The fourth-order valence-electron chi connectivity index (χ4n) is 8.90. The molecule has 6 atom stereocenters. The van der Waals surface area contributed by atoms with Gasteiger partial charge in [0.15, 0.2) is 0 Å². The zero-order valence-electron chi connectivity index (χ0n) is 16.4. The fraction of sp³-hybridized carbons (Fsp3) is 0.609. The van der Waals surface area contributed by atoms with Gasteiger partial charge in [0.05, 0.1) is 17.6 Å². The molecule has 5 aliphatic rings. The van der Waals surface area contributed by atoms with Crippen molar-refractivity contribution in [2.75, 3.05) is 13.7 Å². The highest BCUT2D eigenvalue weighted by molar-refractivity contribution is 5.94. The summed E-state index contributed by atoms with van der Waals surface area (Å²) in [6.45, 7) is 2.36. The van der Waals surface area contributed by atoms with Gasteiger partial charge in [-0.25, -0.2) is 4.79 Å². The molecule has 5 aliphatic carbocycles. The Morgan fingerprint density at radius 2 is 2.14 bits per heavy atom. The number of carboxylic acids is 1. The molecule has 0 saturated heterocycles. The number of rotatable bonds is 3. The molecule has 1 aromatic rings. The Morgan fingerprint density at radius 3 is 2.89 bits per heavy atom. The average Bonchev–Trinajstić information content (AvgIpc) is 3.19. The topological polar surface area (TPSA) is 82.6 Å². The van der Waals surface area contributed by atoms with Crippen molar-refractivity contribution in [2.45, 2.75) is 50.0 Å². The van der Waals surface area contributed by atoms with Crippen molar-refractivity contribution in [1.29, 1.82) is 0 Å².